The maximum Gasteiger partial charge on any atom is 0.203 e. The SMILES string of the molecule is CCCC[C@@H]([C@H](O)c1ccc2c(Cl)c(OC)ccc2c1)N1CCN(Cc2ccc(OC)c(OC)c2OC)CC1. The van der Waals surface area contributed by atoms with Crippen LogP contribution in [-0.4, -0.2) is 75.6 Å². The van der Waals surface area contributed by atoms with Crippen molar-refractivity contribution in [2.75, 3.05) is 54.6 Å². The molecule has 39 heavy (non-hydrogen) atoms. The highest BCUT2D eigenvalue weighted by molar-refractivity contribution is 6.37. The number of nitrogens with zero attached hydrogens (tertiary/aromatic N) is 2. The minimum absolute atomic E-state index is 0.0499. The first-order chi connectivity index (χ1) is 18.9. The normalized spacial score (nSPS) is 16.2. The van der Waals surface area contributed by atoms with Gasteiger partial charge in [0.25, 0.3) is 0 Å². The lowest BCUT2D eigenvalue weighted by molar-refractivity contribution is 0.0111. The van der Waals surface area contributed by atoms with Crippen molar-refractivity contribution in [1.29, 1.82) is 0 Å². The molecule has 0 aliphatic carbocycles. The lowest BCUT2D eigenvalue weighted by Gasteiger charge is -2.41. The fourth-order valence-corrected chi connectivity index (χ4v) is 5.90. The van der Waals surface area contributed by atoms with Crippen LogP contribution in [-0.2, 0) is 6.54 Å². The van der Waals surface area contributed by atoms with Crippen LogP contribution in [0.15, 0.2) is 42.5 Å². The largest absolute Gasteiger partial charge is 0.495 e. The highest BCUT2D eigenvalue weighted by Gasteiger charge is 2.30. The summed E-state index contributed by atoms with van der Waals surface area (Å²) in [5, 5.41) is 14.1. The van der Waals surface area contributed by atoms with Crippen LogP contribution in [0, 0.1) is 0 Å². The number of aliphatic hydroxyl groups is 1. The minimum atomic E-state index is -0.584. The van der Waals surface area contributed by atoms with Crippen molar-refractivity contribution in [3.8, 4) is 23.0 Å². The summed E-state index contributed by atoms with van der Waals surface area (Å²) in [4.78, 5) is 4.88. The molecule has 7 nitrogen and oxygen atoms in total. The molecule has 1 fully saturated rings. The van der Waals surface area contributed by atoms with Crippen molar-refractivity contribution >= 4 is 22.4 Å². The Labute approximate surface area is 237 Å². The maximum absolute atomic E-state index is 11.6. The molecule has 0 spiro atoms. The number of halogens is 1. The summed E-state index contributed by atoms with van der Waals surface area (Å²) in [6.07, 6.45) is 2.53. The second kappa shape index (κ2) is 13.6. The van der Waals surface area contributed by atoms with Crippen molar-refractivity contribution in [2.24, 2.45) is 0 Å². The molecule has 1 N–H and O–H groups in total. The Morgan fingerprint density at radius 1 is 0.846 bits per heavy atom. The zero-order valence-electron chi connectivity index (χ0n) is 23.7. The van der Waals surface area contributed by atoms with Crippen LogP contribution in [0.2, 0.25) is 5.02 Å². The molecule has 0 bridgehead atoms. The van der Waals surface area contributed by atoms with E-state index in [1.807, 2.05) is 36.4 Å². The third-order valence-corrected chi connectivity index (χ3v) is 8.17. The molecule has 1 aliphatic rings. The maximum atomic E-state index is 11.6. The predicted molar refractivity (Wildman–Crippen MR) is 157 cm³/mol. The monoisotopic (exact) mass is 556 g/mol. The van der Waals surface area contributed by atoms with Crippen LogP contribution < -0.4 is 18.9 Å². The molecule has 0 unspecified atom stereocenters. The number of hydrogen-bond donors (Lipinski definition) is 1. The van der Waals surface area contributed by atoms with Crippen LogP contribution >= 0.6 is 11.6 Å². The fourth-order valence-electron chi connectivity index (χ4n) is 5.59. The van der Waals surface area contributed by atoms with Gasteiger partial charge in [0.2, 0.25) is 5.75 Å². The molecule has 4 rings (SSSR count). The summed E-state index contributed by atoms with van der Waals surface area (Å²) in [6, 6.07) is 13.9. The molecule has 0 radical (unpaired) electrons. The molecule has 1 heterocycles. The summed E-state index contributed by atoms with van der Waals surface area (Å²) in [5.74, 6) is 2.64. The third kappa shape index (κ3) is 6.38. The highest BCUT2D eigenvalue weighted by atomic mass is 35.5. The second-order valence-corrected chi connectivity index (χ2v) is 10.4. The number of piperazine rings is 1. The Hall–Kier alpha value is -2.71. The molecule has 0 saturated carbocycles. The summed E-state index contributed by atoms with van der Waals surface area (Å²) < 4.78 is 22.1. The molecule has 1 aliphatic heterocycles. The number of hydrogen-bond acceptors (Lipinski definition) is 7. The smallest absolute Gasteiger partial charge is 0.203 e. The fraction of sp³-hybridized carbons (Fsp3) is 0.484. The molecule has 2 atom stereocenters. The van der Waals surface area contributed by atoms with Crippen molar-refractivity contribution in [3.63, 3.8) is 0 Å². The van der Waals surface area contributed by atoms with Crippen LogP contribution in [0.1, 0.15) is 43.4 Å². The van der Waals surface area contributed by atoms with Gasteiger partial charge in [-0.2, -0.15) is 0 Å². The standard InChI is InChI=1S/C31H41ClN2O5/c1-6-7-8-25(29(35)22-9-12-24-21(19-22)10-13-26(36-2)28(24)32)34-17-15-33(16-18-34)20-23-11-14-27(37-3)31(39-5)30(23)38-4/h9-14,19,25,29,35H,6-8,15-18,20H2,1-5H3/t25-,29+/m0/s1. The average molecular weight is 557 g/mol. The van der Waals surface area contributed by atoms with Gasteiger partial charge in [0.05, 0.1) is 39.6 Å². The summed E-state index contributed by atoms with van der Waals surface area (Å²) >= 11 is 6.53. The van der Waals surface area contributed by atoms with Crippen LogP contribution in [0.4, 0.5) is 0 Å². The van der Waals surface area contributed by atoms with Gasteiger partial charge in [-0.25, -0.2) is 0 Å². The zero-order chi connectivity index (χ0) is 27.9. The molecular formula is C31H41ClN2O5. The first-order valence-electron chi connectivity index (χ1n) is 13.6. The van der Waals surface area contributed by atoms with E-state index >= 15 is 0 Å². The number of benzene rings is 3. The number of ether oxygens (including phenoxy) is 4. The number of methoxy groups -OCH3 is 4. The number of aliphatic hydroxyl groups excluding tert-OH is 1. The lowest BCUT2D eigenvalue weighted by Crippen LogP contribution is -2.51. The van der Waals surface area contributed by atoms with E-state index < -0.39 is 6.10 Å². The minimum Gasteiger partial charge on any atom is -0.495 e. The predicted octanol–water partition coefficient (Wildman–Crippen LogP) is 5.94. The second-order valence-electron chi connectivity index (χ2n) is 10.0. The molecule has 8 heteroatoms. The molecule has 1 saturated heterocycles. The van der Waals surface area contributed by atoms with Crippen molar-refractivity contribution in [1.82, 2.24) is 9.80 Å². The first kappa shape index (κ1) is 29.3. The topological polar surface area (TPSA) is 63.6 Å². The van der Waals surface area contributed by atoms with Gasteiger partial charge in [0.1, 0.15) is 5.75 Å². The van der Waals surface area contributed by atoms with Crippen molar-refractivity contribution in [3.05, 3.63) is 58.6 Å². The Kier molecular flexibility index (Phi) is 10.2. The van der Waals surface area contributed by atoms with Crippen molar-refractivity contribution < 1.29 is 24.1 Å². The van der Waals surface area contributed by atoms with Gasteiger partial charge < -0.3 is 24.1 Å². The number of fused-ring (bicyclic) bond motifs is 1. The number of unbranched alkanes of at least 4 members (excludes halogenated alkanes) is 1. The highest BCUT2D eigenvalue weighted by Crippen LogP contribution is 2.40. The van der Waals surface area contributed by atoms with Gasteiger partial charge in [-0.3, -0.25) is 9.80 Å². The molecule has 3 aromatic carbocycles. The molecule has 0 amide bonds. The van der Waals surface area contributed by atoms with Gasteiger partial charge in [0.15, 0.2) is 11.5 Å². The van der Waals surface area contributed by atoms with E-state index in [1.54, 1.807) is 28.4 Å². The van der Waals surface area contributed by atoms with Gasteiger partial charge in [-0.1, -0.05) is 55.6 Å². The zero-order valence-corrected chi connectivity index (χ0v) is 24.5. The van der Waals surface area contributed by atoms with Gasteiger partial charge >= 0.3 is 0 Å². The number of rotatable bonds is 12. The third-order valence-electron chi connectivity index (χ3n) is 7.78. The Balaban J connectivity index is 1.48. The van der Waals surface area contributed by atoms with E-state index in [0.717, 1.165) is 73.9 Å². The first-order valence-corrected chi connectivity index (χ1v) is 14.0. The van der Waals surface area contributed by atoms with Gasteiger partial charge in [-0.05, 0) is 35.6 Å². The van der Waals surface area contributed by atoms with Gasteiger partial charge in [-0.15, -0.1) is 0 Å². The van der Waals surface area contributed by atoms with Crippen molar-refractivity contribution in [2.45, 2.75) is 44.9 Å². The van der Waals surface area contributed by atoms with E-state index in [2.05, 4.69) is 22.8 Å². The Bertz CT molecular complexity index is 1250. The van der Waals surface area contributed by atoms with E-state index in [1.165, 1.54) is 0 Å². The lowest BCUT2D eigenvalue weighted by atomic mass is 9.94. The molecule has 212 valence electrons. The van der Waals surface area contributed by atoms with Crippen LogP contribution in [0.5, 0.6) is 23.0 Å². The van der Waals surface area contributed by atoms with E-state index in [0.29, 0.717) is 28.0 Å². The summed E-state index contributed by atoms with van der Waals surface area (Å²) in [5.41, 5.74) is 1.99. The average Bonchev–Trinajstić information content (AvgIpc) is 2.97. The van der Waals surface area contributed by atoms with E-state index in [9.17, 15) is 5.11 Å². The Morgan fingerprint density at radius 2 is 1.54 bits per heavy atom. The summed E-state index contributed by atoms with van der Waals surface area (Å²) in [6.45, 7) is 6.53. The summed E-state index contributed by atoms with van der Waals surface area (Å²) in [7, 11) is 6.54. The molecular weight excluding hydrogens is 516 g/mol. The van der Waals surface area contributed by atoms with Crippen LogP contribution in [0.3, 0.4) is 0 Å². The van der Waals surface area contributed by atoms with Crippen LogP contribution in [0.25, 0.3) is 10.8 Å². The molecule has 3 aromatic rings. The van der Waals surface area contributed by atoms with E-state index in [4.69, 9.17) is 30.5 Å². The van der Waals surface area contributed by atoms with E-state index in [-0.39, 0.29) is 6.04 Å². The quantitative estimate of drug-likeness (QED) is 0.296. The van der Waals surface area contributed by atoms with Gasteiger partial charge in [0, 0.05) is 49.7 Å². The Morgan fingerprint density at radius 3 is 2.18 bits per heavy atom. The molecule has 0 aromatic heterocycles.